The van der Waals surface area contributed by atoms with Crippen LogP contribution in [0, 0.1) is 17.7 Å². The predicted molar refractivity (Wildman–Crippen MR) is 145 cm³/mol. The molecule has 2 heterocycles. The molecule has 0 radical (unpaired) electrons. The molecule has 0 saturated carbocycles. The van der Waals surface area contributed by atoms with Gasteiger partial charge < -0.3 is 19.8 Å². The van der Waals surface area contributed by atoms with Gasteiger partial charge in [-0.1, -0.05) is 23.7 Å². The fourth-order valence-electron chi connectivity index (χ4n) is 5.69. The summed E-state index contributed by atoms with van der Waals surface area (Å²) in [4.78, 5) is 30.3. The van der Waals surface area contributed by atoms with Gasteiger partial charge in [0.05, 0.1) is 10.6 Å². The van der Waals surface area contributed by atoms with Crippen LogP contribution in [-0.4, -0.2) is 73.4 Å². The first-order chi connectivity index (χ1) is 18.5. The minimum Gasteiger partial charge on any atom is -0.371 e. The van der Waals surface area contributed by atoms with Crippen LogP contribution >= 0.6 is 11.6 Å². The number of carbonyl (C=O) groups is 2. The van der Waals surface area contributed by atoms with Crippen LogP contribution in [-0.2, 0) is 10.4 Å². The van der Waals surface area contributed by atoms with Crippen LogP contribution in [0.5, 0.6) is 0 Å². The van der Waals surface area contributed by atoms with Crippen LogP contribution in [0.25, 0.3) is 0 Å². The maximum Gasteiger partial charge on any atom is 0.280 e. The maximum atomic E-state index is 13.9. The maximum absolute atomic E-state index is 13.9. The van der Waals surface area contributed by atoms with Crippen LogP contribution < -0.4 is 4.90 Å². The van der Waals surface area contributed by atoms with E-state index in [1.165, 1.54) is 15.9 Å². The van der Waals surface area contributed by atoms with E-state index < -0.39 is 29.3 Å². The molecule has 2 aromatic carbocycles. The highest BCUT2D eigenvalue weighted by Gasteiger charge is 2.50. The highest BCUT2D eigenvalue weighted by atomic mass is 35.5. The van der Waals surface area contributed by atoms with Crippen LogP contribution in [0.15, 0.2) is 42.5 Å². The standard InChI is InChI=1S/C29H35ClF3N3O3/c1-34(2)26(37)24-7-6-23(18-25(24)30)35-12-8-19(9-13-35)16-20-10-14-36(15-11-20)28(38)29(39,27(32)33)21-4-3-5-22(31)17-21/h3-7,17-20,27,39H,8-16H2,1-2H3. The number of benzene rings is 2. The zero-order valence-electron chi connectivity index (χ0n) is 22.3. The Balaban J connectivity index is 1.28. The third kappa shape index (κ3) is 6.35. The van der Waals surface area contributed by atoms with Crippen molar-refractivity contribution in [1.82, 2.24) is 9.80 Å². The minimum atomic E-state index is -3.38. The van der Waals surface area contributed by atoms with Gasteiger partial charge in [0.1, 0.15) is 5.82 Å². The summed E-state index contributed by atoms with van der Waals surface area (Å²) in [6.45, 7) is 2.30. The van der Waals surface area contributed by atoms with Crippen LogP contribution in [0.3, 0.4) is 0 Å². The van der Waals surface area contributed by atoms with E-state index in [1.54, 1.807) is 20.2 Å². The molecule has 2 aliphatic heterocycles. The molecule has 2 amide bonds. The summed E-state index contributed by atoms with van der Waals surface area (Å²) in [5.74, 6) is -1.12. The van der Waals surface area contributed by atoms with Gasteiger partial charge >= 0.3 is 0 Å². The molecule has 0 aliphatic carbocycles. The van der Waals surface area contributed by atoms with Crippen molar-refractivity contribution in [3.8, 4) is 0 Å². The molecule has 39 heavy (non-hydrogen) atoms. The first kappa shape index (κ1) is 29.2. The lowest BCUT2D eigenvalue weighted by atomic mass is 9.82. The molecule has 2 saturated heterocycles. The number of likely N-dealkylation sites (tertiary alicyclic amines) is 1. The second-order valence-corrected chi connectivity index (χ2v) is 11.3. The largest absolute Gasteiger partial charge is 0.371 e. The Morgan fingerprint density at radius 2 is 1.64 bits per heavy atom. The smallest absolute Gasteiger partial charge is 0.280 e. The number of halogens is 4. The van der Waals surface area contributed by atoms with Crippen molar-refractivity contribution in [1.29, 1.82) is 0 Å². The van der Waals surface area contributed by atoms with Gasteiger partial charge in [0.15, 0.2) is 0 Å². The second kappa shape index (κ2) is 12.2. The Kier molecular flexibility index (Phi) is 9.11. The van der Waals surface area contributed by atoms with E-state index in [1.807, 2.05) is 12.1 Å². The molecule has 4 rings (SSSR count). The van der Waals surface area contributed by atoms with Gasteiger partial charge in [-0.25, -0.2) is 13.2 Å². The number of piperidine rings is 2. The minimum absolute atomic E-state index is 0.133. The first-order valence-corrected chi connectivity index (χ1v) is 13.7. The average Bonchev–Trinajstić information content (AvgIpc) is 2.92. The van der Waals surface area contributed by atoms with Gasteiger partial charge in [-0.3, -0.25) is 9.59 Å². The highest BCUT2D eigenvalue weighted by molar-refractivity contribution is 6.34. The fourth-order valence-corrected chi connectivity index (χ4v) is 5.95. The number of alkyl halides is 2. The van der Waals surface area contributed by atoms with E-state index in [-0.39, 0.29) is 19.0 Å². The van der Waals surface area contributed by atoms with Crippen LogP contribution in [0.1, 0.15) is 48.0 Å². The number of nitrogens with zero attached hydrogens (tertiary/aromatic N) is 3. The van der Waals surface area contributed by atoms with Crippen molar-refractivity contribution in [2.24, 2.45) is 11.8 Å². The molecule has 1 N–H and O–H groups in total. The normalized spacial score (nSPS) is 18.8. The highest BCUT2D eigenvalue weighted by Crippen LogP contribution is 2.36. The van der Waals surface area contributed by atoms with Gasteiger partial charge in [-0.2, -0.15) is 0 Å². The molecule has 2 aromatic rings. The van der Waals surface area contributed by atoms with Crippen molar-refractivity contribution in [3.63, 3.8) is 0 Å². The van der Waals surface area contributed by atoms with Gasteiger partial charge in [0.2, 0.25) is 5.60 Å². The second-order valence-electron chi connectivity index (χ2n) is 10.8. The quantitative estimate of drug-likeness (QED) is 0.503. The summed E-state index contributed by atoms with van der Waals surface area (Å²) >= 11 is 6.39. The molecule has 1 unspecified atom stereocenters. The van der Waals surface area contributed by atoms with E-state index in [2.05, 4.69) is 4.90 Å². The van der Waals surface area contributed by atoms with Crippen LogP contribution in [0.2, 0.25) is 5.02 Å². The third-order valence-corrected chi connectivity index (χ3v) is 8.36. The number of hydrogen-bond donors (Lipinski definition) is 1. The Bertz CT molecular complexity index is 1180. The van der Waals surface area contributed by atoms with Crippen molar-refractivity contribution in [3.05, 3.63) is 64.4 Å². The van der Waals surface area contributed by atoms with Gasteiger partial charge in [0.25, 0.3) is 18.2 Å². The topological polar surface area (TPSA) is 64.1 Å². The predicted octanol–water partition coefficient (Wildman–Crippen LogP) is 5.18. The molecule has 212 valence electrons. The molecular weight excluding hydrogens is 531 g/mol. The molecular formula is C29H35ClF3N3O3. The van der Waals surface area contributed by atoms with E-state index in [9.17, 15) is 27.9 Å². The van der Waals surface area contributed by atoms with E-state index in [0.29, 0.717) is 35.3 Å². The molecule has 2 fully saturated rings. The molecule has 2 aliphatic rings. The van der Waals surface area contributed by atoms with E-state index in [0.717, 1.165) is 56.2 Å². The zero-order chi connectivity index (χ0) is 28.3. The summed E-state index contributed by atoms with van der Waals surface area (Å²) in [5.41, 5.74) is -2.03. The molecule has 1 atom stereocenters. The number of rotatable bonds is 7. The van der Waals surface area contributed by atoms with Gasteiger partial charge in [-0.05, 0) is 74.3 Å². The summed E-state index contributed by atoms with van der Waals surface area (Å²) in [5, 5.41) is 11.1. The Hall–Kier alpha value is -2.78. The Morgan fingerprint density at radius 3 is 2.18 bits per heavy atom. The van der Waals surface area contributed by atoms with Crippen molar-refractivity contribution in [2.75, 3.05) is 45.2 Å². The molecule has 0 spiro atoms. The Morgan fingerprint density at radius 1 is 1.03 bits per heavy atom. The third-order valence-electron chi connectivity index (χ3n) is 8.04. The van der Waals surface area contributed by atoms with Gasteiger partial charge in [0, 0.05) is 51.5 Å². The number of aliphatic hydroxyl groups is 1. The SMILES string of the molecule is CN(C)C(=O)c1ccc(N2CCC(CC3CCN(C(=O)C(O)(c4cccc(F)c4)C(F)F)CC3)CC2)cc1Cl. The van der Waals surface area contributed by atoms with Crippen molar-refractivity contribution < 1.29 is 27.9 Å². The first-order valence-electron chi connectivity index (χ1n) is 13.3. The van der Waals surface area contributed by atoms with E-state index in [4.69, 9.17) is 11.6 Å². The average molecular weight is 566 g/mol. The monoisotopic (exact) mass is 565 g/mol. The fraction of sp³-hybridized carbons (Fsp3) is 0.517. The number of anilines is 1. The van der Waals surface area contributed by atoms with Crippen LogP contribution in [0.4, 0.5) is 18.9 Å². The summed E-state index contributed by atoms with van der Waals surface area (Å²) in [6, 6.07) is 9.76. The molecule has 10 heteroatoms. The zero-order valence-corrected chi connectivity index (χ0v) is 23.0. The van der Waals surface area contributed by atoms with Crippen molar-refractivity contribution in [2.45, 2.75) is 44.1 Å². The lowest BCUT2D eigenvalue weighted by molar-refractivity contribution is -0.173. The van der Waals surface area contributed by atoms with Gasteiger partial charge in [-0.15, -0.1) is 0 Å². The molecule has 0 aromatic heterocycles. The Labute approximate surface area is 232 Å². The van der Waals surface area contributed by atoms with Crippen molar-refractivity contribution >= 4 is 29.1 Å². The number of amides is 2. The van der Waals surface area contributed by atoms with E-state index >= 15 is 0 Å². The summed E-state index contributed by atoms with van der Waals surface area (Å²) in [7, 11) is 3.38. The molecule has 0 bridgehead atoms. The summed E-state index contributed by atoms with van der Waals surface area (Å²) in [6.07, 6.45) is 0.959. The number of carbonyl (C=O) groups excluding carboxylic acids is 2. The summed E-state index contributed by atoms with van der Waals surface area (Å²) < 4.78 is 41.5. The lowest BCUT2D eigenvalue weighted by Gasteiger charge is -2.39. The number of hydrogen-bond acceptors (Lipinski definition) is 4. The molecule has 6 nitrogen and oxygen atoms in total. The lowest BCUT2D eigenvalue weighted by Crippen LogP contribution is -2.53.